The van der Waals surface area contributed by atoms with Crippen molar-refractivity contribution in [2.75, 3.05) is 26.3 Å². The van der Waals surface area contributed by atoms with Gasteiger partial charge < -0.3 is 15.4 Å². The van der Waals surface area contributed by atoms with Crippen LogP contribution in [-0.2, 0) is 27.4 Å². The highest BCUT2D eigenvalue weighted by Gasteiger charge is 2.14. The fraction of sp³-hybridized carbons (Fsp3) is 0.231. The van der Waals surface area contributed by atoms with Crippen molar-refractivity contribution in [3.63, 3.8) is 0 Å². The number of rotatable bonds is 10. The second-order valence-corrected chi connectivity index (χ2v) is 7.70. The predicted molar refractivity (Wildman–Crippen MR) is 125 cm³/mol. The second kappa shape index (κ2) is 11.2. The van der Waals surface area contributed by atoms with Crippen LogP contribution < -0.4 is 19.8 Å². The lowest BCUT2D eigenvalue weighted by molar-refractivity contribution is -0.658. The number of hydrogen-bond acceptors (Lipinski definition) is 3. The Bertz CT molecular complexity index is 1150. The minimum absolute atomic E-state index is 0.0691. The van der Waals surface area contributed by atoms with Gasteiger partial charge in [-0.25, -0.2) is 0 Å². The number of carbonyl (C=O) groups is 2. The number of amides is 2. The number of carbonyl (C=O) groups excluding carboxylic acids is 2. The molecule has 7 nitrogen and oxygen atoms in total. The van der Waals surface area contributed by atoms with Crippen LogP contribution in [0.4, 0.5) is 0 Å². The lowest BCUT2D eigenvalue weighted by Gasteiger charge is -2.07. The summed E-state index contributed by atoms with van der Waals surface area (Å²) in [7, 11) is 0. The average molecular weight is 445 g/mol. The van der Waals surface area contributed by atoms with E-state index < -0.39 is 0 Å². The van der Waals surface area contributed by atoms with E-state index in [0.717, 1.165) is 21.8 Å². The number of nitrogens with zero attached hydrogens (tertiary/aromatic N) is 2. The smallest absolute Gasteiger partial charge is 0.286 e. The number of ether oxygens (including phenoxy) is 1. The van der Waals surface area contributed by atoms with Gasteiger partial charge in [-0.05, 0) is 24.3 Å². The van der Waals surface area contributed by atoms with Crippen molar-refractivity contribution in [2.24, 2.45) is 0 Å². The molecule has 2 aromatic heterocycles. The number of benzene rings is 2. The van der Waals surface area contributed by atoms with Crippen molar-refractivity contribution in [1.82, 2.24) is 10.6 Å². The summed E-state index contributed by atoms with van der Waals surface area (Å²) in [5.74, 6) is -0.138. The molecule has 0 spiro atoms. The summed E-state index contributed by atoms with van der Waals surface area (Å²) in [6.07, 6.45) is 3.80. The Morgan fingerprint density at radius 3 is 1.55 bits per heavy atom. The van der Waals surface area contributed by atoms with Gasteiger partial charge in [0.05, 0.1) is 13.2 Å². The van der Waals surface area contributed by atoms with E-state index in [2.05, 4.69) is 10.6 Å². The van der Waals surface area contributed by atoms with Crippen LogP contribution in [-0.4, -0.2) is 38.1 Å². The maximum absolute atomic E-state index is 12.3. The first-order valence-corrected chi connectivity index (χ1v) is 11.1. The summed E-state index contributed by atoms with van der Waals surface area (Å²) in [6, 6.07) is 23.9. The quantitative estimate of drug-likeness (QED) is 0.288. The average Bonchev–Trinajstić information content (AvgIpc) is 2.84. The van der Waals surface area contributed by atoms with Gasteiger partial charge in [0.15, 0.2) is 12.4 Å². The lowest BCUT2D eigenvalue weighted by atomic mass is 10.2. The van der Waals surface area contributed by atoms with Crippen LogP contribution in [0.2, 0.25) is 0 Å². The molecule has 2 aromatic carbocycles. The SMILES string of the molecule is O=C(C[n+]1cccc2ccccc21)NCCOCCNC(=O)C[n+]1cccc2ccccc21. The van der Waals surface area contributed by atoms with Crippen LogP contribution in [0.3, 0.4) is 0 Å². The Kier molecular flexibility index (Phi) is 7.56. The molecule has 7 heteroatoms. The Morgan fingerprint density at radius 2 is 1.06 bits per heavy atom. The lowest BCUT2D eigenvalue weighted by Crippen LogP contribution is -2.44. The standard InChI is InChI=1S/C26H26N4O3/c31-25(19-29-15-5-9-21-7-1-3-11-23(21)29)27-13-17-33-18-14-28-26(32)20-30-16-6-10-22-8-2-4-12-24(22)30/h1-12,15-16H,13-14,17-20H2/p+2. The van der Waals surface area contributed by atoms with Crippen molar-refractivity contribution in [2.45, 2.75) is 13.1 Å². The summed E-state index contributed by atoms with van der Waals surface area (Å²) >= 11 is 0. The third-order valence-corrected chi connectivity index (χ3v) is 5.34. The van der Waals surface area contributed by atoms with E-state index in [0.29, 0.717) is 26.3 Å². The van der Waals surface area contributed by atoms with Gasteiger partial charge in [0.1, 0.15) is 0 Å². The van der Waals surface area contributed by atoms with Crippen LogP contribution in [0, 0.1) is 0 Å². The first-order chi connectivity index (χ1) is 16.2. The fourth-order valence-electron chi connectivity index (χ4n) is 3.77. The highest BCUT2D eigenvalue weighted by molar-refractivity contribution is 5.78. The maximum Gasteiger partial charge on any atom is 0.286 e. The molecule has 2 amide bonds. The fourth-order valence-corrected chi connectivity index (χ4v) is 3.77. The third-order valence-electron chi connectivity index (χ3n) is 5.34. The normalized spacial score (nSPS) is 10.9. The predicted octanol–water partition coefficient (Wildman–Crippen LogP) is 1.52. The molecule has 2 heterocycles. The topological polar surface area (TPSA) is 75.2 Å². The first-order valence-electron chi connectivity index (χ1n) is 11.1. The zero-order valence-electron chi connectivity index (χ0n) is 18.4. The number of pyridine rings is 2. The van der Waals surface area contributed by atoms with Gasteiger partial charge >= 0.3 is 0 Å². The maximum atomic E-state index is 12.3. The van der Waals surface area contributed by atoms with Crippen molar-refractivity contribution >= 4 is 33.6 Å². The Balaban J connectivity index is 1.12. The first kappa shape index (κ1) is 22.4. The summed E-state index contributed by atoms with van der Waals surface area (Å²) in [5, 5.41) is 7.93. The van der Waals surface area contributed by atoms with Crippen molar-refractivity contribution in [1.29, 1.82) is 0 Å². The van der Waals surface area contributed by atoms with Gasteiger partial charge in [0.2, 0.25) is 24.1 Å². The minimum Gasteiger partial charge on any atom is -0.378 e. The molecule has 0 aliphatic heterocycles. The number of nitrogens with one attached hydrogen (secondary N) is 2. The number of para-hydroxylation sites is 2. The van der Waals surface area contributed by atoms with E-state index in [9.17, 15) is 9.59 Å². The van der Waals surface area contributed by atoms with Crippen LogP contribution in [0.25, 0.3) is 21.8 Å². The van der Waals surface area contributed by atoms with E-state index in [1.807, 2.05) is 94.3 Å². The number of hydrogen-bond donors (Lipinski definition) is 2. The third kappa shape index (κ3) is 6.11. The summed E-state index contributed by atoms with van der Waals surface area (Å²) in [6.45, 7) is 2.13. The molecule has 0 aliphatic rings. The summed E-state index contributed by atoms with van der Waals surface area (Å²) in [5.41, 5.74) is 2.03. The van der Waals surface area contributed by atoms with Crippen LogP contribution in [0.1, 0.15) is 0 Å². The van der Waals surface area contributed by atoms with E-state index in [1.54, 1.807) is 0 Å². The molecule has 0 atom stereocenters. The minimum atomic E-state index is -0.0691. The molecule has 33 heavy (non-hydrogen) atoms. The van der Waals surface area contributed by atoms with Crippen molar-refractivity contribution < 1.29 is 23.5 Å². The Morgan fingerprint density at radius 1 is 0.636 bits per heavy atom. The van der Waals surface area contributed by atoms with Crippen LogP contribution >= 0.6 is 0 Å². The van der Waals surface area contributed by atoms with Gasteiger partial charge in [-0.2, -0.15) is 9.13 Å². The monoisotopic (exact) mass is 444 g/mol. The Labute approximate surface area is 192 Å². The van der Waals surface area contributed by atoms with E-state index in [4.69, 9.17) is 4.74 Å². The van der Waals surface area contributed by atoms with Gasteiger partial charge in [-0.1, -0.05) is 24.3 Å². The largest absolute Gasteiger partial charge is 0.378 e. The Hall–Kier alpha value is -3.84. The molecule has 0 saturated heterocycles. The zero-order chi connectivity index (χ0) is 22.9. The molecule has 0 bridgehead atoms. The van der Waals surface area contributed by atoms with E-state index in [1.165, 1.54) is 0 Å². The number of fused-ring (bicyclic) bond motifs is 2. The molecule has 0 radical (unpaired) electrons. The van der Waals surface area contributed by atoms with Gasteiger partial charge in [-0.3, -0.25) is 9.59 Å². The summed E-state index contributed by atoms with van der Waals surface area (Å²) in [4.78, 5) is 24.5. The van der Waals surface area contributed by atoms with Gasteiger partial charge in [0, 0.05) is 48.1 Å². The highest BCUT2D eigenvalue weighted by atomic mass is 16.5. The van der Waals surface area contributed by atoms with Crippen molar-refractivity contribution in [3.05, 3.63) is 85.2 Å². The molecule has 0 fully saturated rings. The molecule has 0 unspecified atom stereocenters. The second-order valence-electron chi connectivity index (χ2n) is 7.70. The summed E-state index contributed by atoms with van der Waals surface area (Å²) < 4.78 is 9.38. The van der Waals surface area contributed by atoms with Gasteiger partial charge in [0.25, 0.3) is 11.8 Å². The molecule has 0 saturated carbocycles. The van der Waals surface area contributed by atoms with Crippen LogP contribution in [0.15, 0.2) is 85.2 Å². The number of aromatic nitrogens is 2. The molecule has 168 valence electrons. The van der Waals surface area contributed by atoms with Gasteiger partial charge in [-0.15, -0.1) is 0 Å². The highest BCUT2D eigenvalue weighted by Crippen LogP contribution is 2.08. The zero-order valence-corrected chi connectivity index (χ0v) is 18.4. The molecule has 0 aliphatic carbocycles. The molecule has 4 rings (SSSR count). The van der Waals surface area contributed by atoms with E-state index in [-0.39, 0.29) is 24.9 Å². The molecule has 4 aromatic rings. The molecule has 2 N–H and O–H groups in total. The molecular formula is C26H28N4O3+2. The molecular weight excluding hydrogens is 416 g/mol. The van der Waals surface area contributed by atoms with Crippen molar-refractivity contribution in [3.8, 4) is 0 Å². The van der Waals surface area contributed by atoms with E-state index >= 15 is 0 Å². The van der Waals surface area contributed by atoms with Crippen LogP contribution in [0.5, 0.6) is 0 Å².